The summed E-state index contributed by atoms with van der Waals surface area (Å²) < 4.78 is 36.9. The Hall–Kier alpha value is -0.290. The van der Waals surface area contributed by atoms with Crippen LogP contribution >= 0.6 is 0 Å². The highest BCUT2D eigenvalue weighted by Gasteiger charge is 2.32. The van der Waals surface area contributed by atoms with Gasteiger partial charge in [0.1, 0.15) is 0 Å². The van der Waals surface area contributed by atoms with Crippen LogP contribution in [-0.4, -0.2) is 43.3 Å². The van der Waals surface area contributed by atoms with E-state index in [1.54, 1.807) is 0 Å². The normalized spacial score (nSPS) is 26.4. The first-order chi connectivity index (χ1) is 8.67. The van der Waals surface area contributed by atoms with E-state index in [-0.39, 0.29) is 6.04 Å². The number of nitrogens with one attached hydrogen (secondary N) is 1. The maximum absolute atomic E-state index is 12.3. The maximum Gasteiger partial charge on any atom is 0.401 e. The zero-order valence-corrected chi connectivity index (χ0v) is 12.4. The number of hydrogen-bond donors (Lipinski definition) is 1. The predicted molar refractivity (Wildman–Crippen MR) is 72.1 cm³/mol. The van der Waals surface area contributed by atoms with E-state index in [1.807, 2.05) is 0 Å². The van der Waals surface area contributed by atoms with Crippen molar-refractivity contribution >= 4 is 0 Å². The molecule has 1 fully saturated rings. The van der Waals surface area contributed by atoms with Gasteiger partial charge in [0.15, 0.2) is 0 Å². The monoisotopic (exact) mass is 280 g/mol. The summed E-state index contributed by atoms with van der Waals surface area (Å²) in [6, 6.07) is -0.0403. The van der Waals surface area contributed by atoms with Crippen LogP contribution < -0.4 is 5.32 Å². The van der Waals surface area contributed by atoms with Crippen molar-refractivity contribution in [1.29, 1.82) is 0 Å². The molecule has 0 aromatic rings. The fourth-order valence-electron chi connectivity index (χ4n) is 2.79. The SMILES string of the molecule is CC(C)CN1CC(NCC(F)(F)F)CC(C(C)C)C1. The smallest absolute Gasteiger partial charge is 0.305 e. The van der Waals surface area contributed by atoms with Crippen LogP contribution in [0.5, 0.6) is 0 Å². The zero-order chi connectivity index (χ0) is 14.6. The number of likely N-dealkylation sites (tertiary alicyclic amines) is 1. The second-order valence-electron chi connectivity index (χ2n) is 6.55. The Kier molecular flexibility index (Phi) is 6.12. The summed E-state index contributed by atoms with van der Waals surface area (Å²) >= 11 is 0. The summed E-state index contributed by atoms with van der Waals surface area (Å²) in [7, 11) is 0. The molecule has 2 nitrogen and oxygen atoms in total. The molecule has 0 radical (unpaired) electrons. The van der Waals surface area contributed by atoms with Gasteiger partial charge >= 0.3 is 6.18 Å². The summed E-state index contributed by atoms with van der Waals surface area (Å²) in [5, 5.41) is 2.68. The van der Waals surface area contributed by atoms with Gasteiger partial charge in [0.05, 0.1) is 6.54 Å². The van der Waals surface area contributed by atoms with Gasteiger partial charge in [-0.1, -0.05) is 27.7 Å². The lowest BCUT2D eigenvalue weighted by molar-refractivity contribution is -0.127. The number of rotatable bonds is 5. The summed E-state index contributed by atoms with van der Waals surface area (Å²) in [4.78, 5) is 2.31. The first-order valence-corrected chi connectivity index (χ1v) is 7.20. The molecular weight excluding hydrogens is 253 g/mol. The van der Waals surface area contributed by atoms with Crippen LogP contribution in [0.2, 0.25) is 0 Å². The van der Waals surface area contributed by atoms with Crippen molar-refractivity contribution in [2.24, 2.45) is 17.8 Å². The highest BCUT2D eigenvalue weighted by molar-refractivity contribution is 4.85. The Balaban J connectivity index is 2.54. The van der Waals surface area contributed by atoms with Gasteiger partial charge < -0.3 is 10.2 Å². The van der Waals surface area contributed by atoms with E-state index < -0.39 is 12.7 Å². The van der Waals surface area contributed by atoms with Crippen molar-refractivity contribution in [3.05, 3.63) is 0 Å². The molecule has 19 heavy (non-hydrogen) atoms. The average Bonchev–Trinajstić information content (AvgIpc) is 2.24. The molecule has 1 heterocycles. The molecule has 0 bridgehead atoms. The molecule has 0 aromatic heterocycles. The molecule has 0 amide bonds. The van der Waals surface area contributed by atoms with Crippen LogP contribution in [0, 0.1) is 17.8 Å². The molecule has 5 heteroatoms. The Labute approximate surface area is 114 Å². The van der Waals surface area contributed by atoms with Crippen molar-refractivity contribution in [3.63, 3.8) is 0 Å². The molecule has 0 aromatic carbocycles. The van der Waals surface area contributed by atoms with E-state index in [1.165, 1.54) is 0 Å². The summed E-state index contributed by atoms with van der Waals surface area (Å²) in [6.07, 6.45) is -3.27. The van der Waals surface area contributed by atoms with Crippen molar-refractivity contribution in [2.45, 2.75) is 46.3 Å². The number of nitrogens with zero attached hydrogens (tertiary/aromatic N) is 1. The molecule has 1 saturated heterocycles. The largest absolute Gasteiger partial charge is 0.401 e. The highest BCUT2D eigenvalue weighted by atomic mass is 19.4. The molecule has 0 aliphatic carbocycles. The highest BCUT2D eigenvalue weighted by Crippen LogP contribution is 2.25. The third kappa shape index (κ3) is 6.61. The Morgan fingerprint density at radius 2 is 1.79 bits per heavy atom. The van der Waals surface area contributed by atoms with Crippen LogP contribution in [0.4, 0.5) is 13.2 Å². The number of halogens is 3. The number of hydrogen-bond acceptors (Lipinski definition) is 2. The van der Waals surface area contributed by atoms with E-state index in [0.29, 0.717) is 17.8 Å². The molecule has 2 unspecified atom stereocenters. The van der Waals surface area contributed by atoms with Gasteiger partial charge in [0, 0.05) is 25.7 Å². The standard InChI is InChI=1S/C14H27F3N2/c1-10(2)6-19-7-12(11(3)4)5-13(8-19)18-9-14(15,16)17/h10-13,18H,5-9H2,1-4H3. The molecule has 0 saturated carbocycles. The Morgan fingerprint density at radius 3 is 2.26 bits per heavy atom. The van der Waals surface area contributed by atoms with Gasteiger partial charge in [-0.25, -0.2) is 0 Å². The molecule has 114 valence electrons. The summed E-state index contributed by atoms with van der Waals surface area (Å²) in [5.41, 5.74) is 0. The Bertz CT molecular complexity index is 264. The molecule has 1 aliphatic heterocycles. The molecule has 1 aliphatic rings. The van der Waals surface area contributed by atoms with E-state index >= 15 is 0 Å². The fraction of sp³-hybridized carbons (Fsp3) is 1.00. The van der Waals surface area contributed by atoms with Crippen molar-refractivity contribution in [1.82, 2.24) is 10.2 Å². The van der Waals surface area contributed by atoms with Gasteiger partial charge in [0.2, 0.25) is 0 Å². The minimum absolute atomic E-state index is 0.0403. The molecular formula is C14H27F3N2. The summed E-state index contributed by atoms with van der Waals surface area (Å²) in [5.74, 6) is 1.55. The Morgan fingerprint density at radius 1 is 1.16 bits per heavy atom. The van der Waals surface area contributed by atoms with Crippen LogP contribution in [-0.2, 0) is 0 Å². The van der Waals surface area contributed by atoms with Gasteiger partial charge in [-0.3, -0.25) is 0 Å². The average molecular weight is 280 g/mol. The van der Waals surface area contributed by atoms with Crippen LogP contribution in [0.3, 0.4) is 0 Å². The predicted octanol–water partition coefficient (Wildman–Crippen LogP) is 3.14. The third-order valence-corrected chi connectivity index (χ3v) is 3.72. The number of alkyl halides is 3. The van der Waals surface area contributed by atoms with Crippen LogP contribution in [0.15, 0.2) is 0 Å². The topological polar surface area (TPSA) is 15.3 Å². The lowest BCUT2D eigenvalue weighted by Gasteiger charge is -2.40. The lowest BCUT2D eigenvalue weighted by atomic mass is 9.85. The molecule has 2 atom stereocenters. The van der Waals surface area contributed by atoms with E-state index in [2.05, 4.69) is 37.9 Å². The molecule has 1 N–H and O–H groups in total. The minimum atomic E-state index is -4.12. The van der Waals surface area contributed by atoms with E-state index in [0.717, 1.165) is 26.1 Å². The van der Waals surface area contributed by atoms with Crippen LogP contribution in [0.25, 0.3) is 0 Å². The maximum atomic E-state index is 12.3. The van der Waals surface area contributed by atoms with Crippen LogP contribution in [0.1, 0.15) is 34.1 Å². The van der Waals surface area contributed by atoms with Gasteiger partial charge in [-0.2, -0.15) is 13.2 Å². The lowest BCUT2D eigenvalue weighted by Crippen LogP contribution is -2.52. The zero-order valence-electron chi connectivity index (χ0n) is 12.4. The number of piperidine rings is 1. The summed E-state index contributed by atoms with van der Waals surface area (Å²) in [6.45, 7) is 10.5. The molecule has 0 spiro atoms. The minimum Gasteiger partial charge on any atom is -0.305 e. The quantitative estimate of drug-likeness (QED) is 0.832. The van der Waals surface area contributed by atoms with Gasteiger partial charge in [0.25, 0.3) is 0 Å². The molecule has 1 rings (SSSR count). The van der Waals surface area contributed by atoms with Crippen molar-refractivity contribution in [3.8, 4) is 0 Å². The second-order valence-corrected chi connectivity index (χ2v) is 6.55. The van der Waals surface area contributed by atoms with Gasteiger partial charge in [-0.05, 0) is 24.2 Å². The van der Waals surface area contributed by atoms with E-state index in [4.69, 9.17) is 0 Å². The van der Waals surface area contributed by atoms with E-state index in [9.17, 15) is 13.2 Å². The first kappa shape index (κ1) is 16.8. The third-order valence-electron chi connectivity index (χ3n) is 3.72. The van der Waals surface area contributed by atoms with Crippen molar-refractivity contribution < 1.29 is 13.2 Å². The van der Waals surface area contributed by atoms with Gasteiger partial charge in [-0.15, -0.1) is 0 Å². The second kappa shape index (κ2) is 6.93. The fourth-order valence-corrected chi connectivity index (χ4v) is 2.79. The first-order valence-electron chi connectivity index (χ1n) is 7.20. The van der Waals surface area contributed by atoms with Crippen molar-refractivity contribution in [2.75, 3.05) is 26.2 Å².